The highest BCUT2D eigenvalue weighted by atomic mass is 16.6. The van der Waals surface area contributed by atoms with Crippen molar-refractivity contribution in [2.24, 2.45) is 11.7 Å². The SMILES string of the molecule is C[C@@H]1C[C@H]1c1ccc2c(c1)OC1(O)c3c(cccc3[N+](=O)[O-])C(=O)C21N. The number of nitro groups is 1. The highest BCUT2D eigenvalue weighted by molar-refractivity contribution is 6.11. The third kappa shape index (κ3) is 1.58. The molecule has 1 aliphatic heterocycles. The van der Waals surface area contributed by atoms with E-state index in [4.69, 9.17) is 10.5 Å². The van der Waals surface area contributed by atoms with E-state index in [0.717, 1.165) is 12.0 Å². The Morgan fingerprint density at radius 2 is 2.08 bits per heavy atom. The molecule has 4 atom stereocenters. The van der Waals surface area contributed by atoms with Crippen LogP contribution >= 0.6 is 0 Å². The van der Waals surface area contributed by atoms with Gasteiger partial charge in [0.15, 0.2) is 11.3 Å². The third-order valence-electron chi connectivity index (χ3n) is 5.94. The largest absolute Gasteiger partial charge is 0.455 e. The first-order valence-electron chi connectivity index (χ1n) is 8.46. The van der Waals surface area contributed by atoms with Crippen LogP contribution < -0.4 is 10.5 Å². The van der Waals surface area contributed by atoms with Gasteiger partial charge in [0, 0.05) is 17.2 Å². The van der Waals surface area contributed by atoms with Crippen LogP contribution in [0.15, 0.2) is 36.4 Å². The maximum atomic E-state index is 13.0. The number of carbonyl (C=O) groups is 1. The molecule has 7 nitrogen and oxygen atoms in total. The molecule has 26 heavy (non-hydrogen) atoms. The molecule has 5 rings (SSSR count). The molecule has 0 spiro atoms. The minimum atomic E-state index is -2.29. The summed E-state index contributed by atoms with van der Waals surface area (Å²) < 4.78 is 5.77. The summed E-state index contributed by atoms with van der Waals surface area (Å²) >= 11 is 0. The fourth-order valence-corrected chi connectivity index (χ4v) is 4.36. The van der Waals surface area contributed by atoms with E-state index in [-0.39, 0.29) is 16.8 Å². The molecule has 0 aromatic heterocycles. The molecule has 0 bridgehead atoms. The van der Waals surface area contributed by atoms with Gasteiger partial charge in [-0.25, -0.2) is 0 Å². The molecule has 2 aromatic carbocycles. The lowest BCUT2D eigenvalue weighted by Crippen LogP contribution is -2.55. The zero-order valence-corrected chi connectivity index (χ0v) is 13.9. The van der Waals surface area contributed by atoms with Crippen molar-refractivity contribution in [2.45, 2.75) is 30.6 Å². The van der Waals surface area contributed by atoms with Gasteiger partial charge in [0.05, 0.1) is 4.92 Å². The number of fused-ring (bicyclic) bond motifs is 5. The summed E-state index contributed by atoms with van der Waals surface area (Å²) in [6.45, 7) is 2.15. The summed E-state index contributed by atoms with van der Waals surface area (Å²) in [6.07, 6.45) is 1.07. The number of ether oxygens (including phenoxy) is 1. The molecular weight excluding hydrogens is 336 g/mol. The van der Waals surface area contributed by atoms with Crippen molar-refractivity contribution in [3.05, 3.63) is 68.8 Å². The van der Waals surface area contributed by atoms with Crippen molar-refractivity contribution >= 4 is 11.5 Å². The van der Waals surface area contributed by atoms with Gasteiger partial charge in [-0.15, -0.1) is 0 Å². The molecule has 3 aliphatic rings. The lowest BCUT2D eigenvalue weighted by atomic mass is 9.83. The normalized spacial score (nSPS) is 33.3. The van der Waals surface area contributed by atoms with E-state index in [1.165, 1.54) is 18.2 Å². The Hall–Kier alpha value is -2.77. The van der Waals surface area contributed by atoms with Crippen LogP contribution in [0.1, 0.15) is 46.3 Å². The lowest BCUT2D eigenvalue weighted by molar-refractivity contribution is -0.388. The molecule has 0 radical (unpaired) electrons. The van der Waals surface area contributed by atoms with E-state index in [1.54, 1.807) is 12.1 Å². The van der Waals surface area contributed by atoms with Gasteiger partial charge in [-0.3, -0.25) is 14.9 Å². The summed E-state index contributed by atoms with van der Waals surface area (Å²) in [5.74, 6) is -1.56. The molecule has 0 saturated heterocycles. The number of nitrogens with zero attached hydrogens (tertiary/aromatic N) is 1. The quantitative estimate of drug-likeness (QED) is 0.633. The number of Topliss-reactive ketones (excluding diaryl/α,β-unsaturated/α-hetero) is 1. The van der Waals surface area contributed by atoms with Crippen LogP contribution in [0.25, 0.3) is 0 Å². The molecule has 2 aromatic rings. The van der Waals surface area contributed by atoms with E-state index < -0.39 is 22.0 Å². The Labute approximate surface area is 148 Å². The van der Waals surface area contributed by atoms with Gasteiger partial charge < -0.3 is 15.6 Å². The standard InChI is InChI=1S/C19H16N2O5/c1-9-7-12(9)10-5-6-13-15(8-10)26-19(23)16-11(17(22)18(13,19)20)3-2-4-14(16)21(24)25/h2-6,8-9,12,23H,7,20H2,1H3/t9-,12-,18?,19?/m1/s1. The zero-order valence-electron chi connectivity index (χ0n) is 13.9. The number of nitrogens with two attached hydrogens (primary N) is 1. The third-order valence-corrected chi connectivity index (χ3v) is 5.94. The van der Waals surface area contributed by atoms with Gasteiger partial charge >= 0.3 is 0 Å². The summed E-state index contributed by atoms with van der Waals surface area (Å²) in [5.41, 5.74) is 5.38. The minimum Gasteiger partial charge on any atom is -0.455 e. The van der Waals surface area contributed by atoms with E-state index >= 15 is 0 Å². The fourth-order valence-electron chi connectivity index (χ4n) is 4.36. The molecule has 7 heteroatoms. The lowest BCUT2D eigenvalue weighted by Gasteiger charge is -2.29. The van der Waals surface area contributed by atoms with Crippen molar-refractivity contribution < 1.29 is 19.6 Å². The van der Waals surface area contributed by atoms with E-state index in [0.29, 0.717) is 23.1 Å². The summed E-state index contributed by atoms with van der Waals surface area (Å²) in [6, 6.07) is 9.44. The molecular formula is C19H16N2O5. The van der Waals surface area contributed by atoms with Crippen LogP contribution in [0.2, 0.25) is 0 Å². The Morgan fingerprint density at radius 3 is 2.73 bits per heavy atom. The number of benzene rings is 2. The Bertz CT molecular complexity index is 1020. The minimum absolute atomic E-state index is 0.0229. The van der Waals surface area contributed by atoms with Crippen LogP contribution in [-0.4, -0.2) is 15.8 Å². The highest BCUT2D eigenvalue weighted by Gasteiger charge is 2.71. The maximum absolute atomic E-state index is 13.0. The molecule has 3 N–H and O–H groups in total. The van der Waals surface area contributed by atoms with Crippen molar-refractivity contribution in [1.29, 1.82) is 0 Å². The molecule has 132 valence electrons. The summed E-state index contributed by atoms with van der Waals surface area (Å²) in [4.78, 5) is 23.8. The molecule has 1 heterocycles. The predicted octanol–water partition coefficient (Wildman–Crippen LogP) is 2.31. The fraction of sp³-hybridized carbons (Fsp3) is 0.316. The Balaban J connectivity index is 1.73. The predicted molar refractivity (Wildman–Crippen MR) is 90.8 cm³/mol. The van der Waals surface area contributed by atoms with Crippen LogP contribution in [0.5, 0.6) is 5.75 Å². The van der Waals surface area contributed by atoms with Crippen molar-refractivity contribution in [1.82, 2.24) is 0 Å². The van der Waals surface area contributed by atoms with Gasteiger partial charge in [0.2, 0.25) is 0 Å². The van der Waals surface area contributed by atoms with Crippen LogP contribution in [0, 0.1) is 16.0 Å². The molecule has 1 fully saturated rings. The summed E-state index contributed by atoms with van der Waals surface area (Å²) in [5, 5.41) is 22.7. The van der Waals surface area contributed by atoms with Crippen LogP contribution in [0.3, 0.4) is 0 Å². The van der Waals surface area contributed by atoms with Gasteiger partial charge in [-0.2, -0.15) is 0 Å². The second kappa shape index (κ2) is 4.49. The average Bonchev–Trinajstić information content (AvgIpc) is 3.26. The first kappa shape index (κ1) is 15.5. The smallest absolute Gasteiger partial charge is 0.280 e. The first-order valence-corrected chi connectivity index (χ1v) is 8.46. The van der Waals surface area contributed by atoms with Gasteiger partial charge in [0.25, 0.3) is 11.5 Å². The zero-order chi connectivity index (χ0) is 18.4. The first-order chi connectivity index (χ1) is 12.3. The monoisotopic (exact) mass is 352 g/mol. The van der Waals surface area contributed by atoms with Gasteiger partial charge in [-0.1, -0.05) is 31.2 Å². The number of hydrogen-bond acceptors (Lipinski definition) is 6. The number of nitro benzene ring substituents is 1. The number of hydrogen-bond donors (Lipinski definition) is 2. The number of ketones is 1. The van der Waals surface area contributed by atoms with Crippen molar-refractivity contribution in [3.63, 3.8) is 0 Å². The molecule has 1 saturated carbocycles. The van der Waals surface area contributed by atoms with Gasteiger partial charge in [-0.05, 0) is 29.9 Å². The topological polar surface area (TPSA) is 116 Å². The van der Waals surface area contributed by atoms with Crippen molar-refractivity contribution in [2.75, 3.05) is 0 Å². The second-order valence-electron chi connectivity index (χ2n) is 7.42. The second-order valence-corrected chi connectivity index (χ2v) is 7.42. The van der Waals surface area contributed by atoms with E-state index in [9.17, 15) is 20.0 Å². The van der Waals surface area contributed by atoms with E-state index in [2.05, 4.69) is 6.92 Å². The molecule has 0 amide bonds. The summed E-state index contributed by atoms with van der Waals surface area (Å²) in [7, 11) is 0. The van der Waals surface area contributed by atoms with Gasteiger partial charge in [0.1, 0.15) is 11.3 Å². The Morgan fingerprint density at radius 1 is 1.35 bits per heavy atom. The number of carbonyl (C=O) groups excluding carboxylic acids is 1. The number of rotatable bonds is 2. The van der Waals surface area contributed by atoms with E-state index in [1.807, 2.05) is 6.07 Å². The van der Waals surface area contributed by atoms with Crippen molar-refractivity contribution in [3.8, 4) is 5.75 Å². The highest BCUT2D eigenvalue weighted by Crippen LogP contribution is 2.59. The maximum Gasteiger partial charge on any atom is 0.280 e. The average molecular weight is 352 g/mol. The Kier molecular flexibility index (Phi) is 2.67. The van der Waals surface area contributed by atoms with Crippen LogP contribution in [-0.2, 0) is 11.3 Å². The molecule has 2 unspecified atom stereocenters. The number of aliphatic hydroxyl groups is 1. The molecule has 2 aliphatic carbocycles. The van der Waals surface area contributed by atoms with Crippen LogP contribution in [0.4, 0.5) is 5.69 Å².